The average Bonchev–Trinajstić information content (AvgIpc) is 3.49. The van der Waals surface area contributed by atoms with E-state index in [-0.39, 0.29) is 17.7 Å². The summed E-state index contributed by atoms with van der Waals surface area (Å²) in [5, 5.41) is 7.57. The molecule has 0 aliphatic carbocycles. The van der Waals surface area contributed by atoms with Crippen molar-refractivity contribution in [1.29, 1.82) is 0 Å². The Hall–Kier alpha value is -4.73. The van der Waals surface area contributed by atoms with E-state index in [1.807, 2.05) is 66.9 Å². The number of carbonyl (C=O) groups excluding carboxylic acids is 1. The lowest BCUT2D eigenvalue weighted by atomic mass is 10.1. The summed E-state index contributed by atoms with van der Waals surface area (Å²) >= 11 is 0. The fraction of sp³-hybridized carbons (Fsp3) is 0.160. The van der Waals surface area contributed by atoms with E-state index in [9.17, 15) is 14.4 Å². The Labute approximate surface area is 199 Å². The molecule has 0 atom stereocenters. The Kier molecular flexibility index (Phi) is 5.61. The van der Waals surface area contributed by atoms with E-state index in [0.29, 0.717) is 0 Å². The summed E-state index contributed by atoms with van der Waals surface area (Å²) in [5.41, 5.74) is 2.73. The standard InChI is InChI=1S/C25H23N7O3/c1-29-16-27-23-22(29)24(34)31(25(35)30(23)2)15-20(33)26-13-18-14-32(19-11-7-4-8-12-19)28-21(18)17-9-5-3-6-10-17/h3-12,14,16H,13,15H2,1-2H3,(H,26,33). The SMILES string of the molecule is Cn1cnc2c1c(=O)n(CC(=O)NCc1cn(-c3ccccc3)nc1-c1ccccc1)c(=O)n2C. The van der Waals surface area contributed by atoms with Crippen molar-refractivity contribution >= 4 is 17.1 Å². The summed E-state index contributed by atoms with van der Waals surface area (Å²) in [7, 11) is 3.19. The zero-order valence-electron chi connectivity index (χ0n) is 19.3. The number of amides is 1. The van der Waals surface area contributed by atoms with Gasteiger partial charge < -0.3 is 9.88 Å². The van der Waals surface area contributed by atoms with Crippen molar-refractivity contribution in [3.8, 4) is 16.9 Å². The molecule has 176 valence electrons. The van der Waals surface area contributed by atoms with Crippen LogP contribution in [0.1, 0.15) is 5.56 Å². The number of aromatic nitrogens is 6. The molecule has 0 aliphatic heterocycles. The minimum atomic E-state index is -0.599. The largest absolute Gasteiger partial charge is 0.350 e. The van der Waals surface area contributed by atoms with Crippen LogP contribution in [0, 0.1) is 0 Å². The molecule has 10 nitrogen and oxygen atoms in total. The molecule has 1 amide bonds. The Morgan fingerprint density at radius 2 is 1.66 bits per heavy atom. The van der Waals surface area contributed by atoms with Crippen molar-refractivity contribution in [3.05, 3.63) is 99.6 Å². The van der Waals surface area contributed by atoms with Gasteiger partial charge in [0, 0.05) is 38.0 Å². The molecule has 5 aromatic rings. The summed E-state index contributed by atoms with van der Waals surface area (Å²) in [4.78, 5) is 42.5. The normalized spacial score (nSPS) is 11.1. The van der Waals surface area contributed by atoms with Gasteiger partial charge in [0.2, 0.25) is 5.91 Å². The van der Waals surface area contributed by atoms with Gasteiger partial charge >= 0.3 is 5.69 Å². The molecule has 0 saturated carbocycles. The number of hydrogen-bond donors (Lipinski definition) is 1. The number of hydrogen-bond acceptors (Lipinski definition) is 5. The second-order valence-electron chi connectivity index (χ2n) is 8.19. The number of fused-ring (bicyclic) bond motifs is 1. The van der Waals surface area contributed by atoms with Crippen LogP contribution in [0.4, 0.5) is 0 Å². The molecule has 0 bridgehead atoms. The van der Waals surface area contributed by atoms with Gasteiger partial charge in [-0.25, -0.2) is 19.0 Å². The smallest absolute Gasteiger partial charge is 0.332 e. The van der Waals surface area contributed by atoms with Crippen LogP contribution in [0.15, 0.2) is 82.8 Å². The van der Waals surface area contributed by atoms with Crippen molar-refractivity contribution < 1.29 is 4.79 Å². The number of aryl methyl sites for hydroxylation is 2. The van der Waals surface area contributed by atoms with Crippen molar-refractivity contribution in [2.24, 2.45) is 14.1 Å². The lowest BCUT2D eigenvalue weighted by molar-refractivity contribution is -0.121. The molecule has 3 heterocycles. The maximum Gasteiger partial charge on any atom is 0.332 e. The molecular weight excluding hydrogens is 446 g/mol. The lowest BCUT2D eigenvalue weighted by Gasteiger charge is -2.09. The highest BCUT2D eigenvalue weighted by molar-refractivity contribution is 5.77. The van der Waals surface area contributed by atoms with Gasteiger partial charge in [0.1, 0.15) is 6.54 Å². The summed E-state index contributed by atoms with van der Waals surface area (Å²) in [6, 6.07) is 19.4. The second kappa shape index (κ2) is 8.90. The Bertz CT molecular complexity index is 1640. The minimum absolute atomic E-state index is 0.179. The van der Waals surface area contributed by atoms with Gasteiger partial charge in [-0.1, -0.05) is 48.5 Å². The third kappa shape index (κ3) is 4.05. The zero-order valence-corrected chi connectivity index (χ0v) is 19.3. The van der Waals surface area contributed by atoms with E-state index in [2.05, 4.69) is 10.3 Å². The predicted molar refractivity (Wildman–Crippen MR) is 131 cm³/mol. The average molecular weight is 470 g/mol. The number of nitrogens with one attached hydrogen (secondary N) is 1. The maximum atomic E-state index is 12.9. The van der Waals surface area contributed by atoms with Crippen LogP contribution in [-0.4, -0.2) is 34.4 Å². The lowest BCUT2D eigenvalue weighted by Crippen LogP contribution is -2.43. The monoisotopic (exact) mass is 469 g/mol. The van der Waals surface area contributed by atoms with Gasteiger partial charge in [0.05, 0.1) is 17.7 Å². The Balaban J connectivity index is 1.43. The van der Waals surface area contributed by atoms with E-state index in [1.54, 1.807) is 11.7 Å². The zero-order chi connectivity index (χ0) is 24.5. The third-order valence-corrected chi connectivity index (χ3v) is 5.84. The first-order valence-corrected chi connectivity index (χ1v) is 11.0. The first-order chi connectivity index (χ1) is 16.9. The second-order valence-corrected chi connectivity index (χ2v) is 8.19. The van der Waals surface area contributed by atoms with Gasteiger partial charge in [-0.3, -0.25) is 14.2 Å². The topological polar surface area (TPSA) is 109 Å². The summed E-state index contributed by atoms with van der Waals surface area (Å²) < 4.78 is 5.49. The van der Waals surface area contributed by atoms with E-state index in [4.69, 9.17) is 5.10 Å². The molecule has 0 aliphatic rings. The van der Waals surface area contributed by atoms with Gasteiger partial charge in [0.15, 0.2) is 11.2 Å². The summed E-state index contributed by atoms with van der Waals surface area (Å²) in [6.07, 6.45) is 3.33. The van der Waals surface area contributed by atoms with E-state index in [1.165, 1.54) is 22.5 Å². The number of rotatable bonds is 6. The van der Waals surface area contributed by atoms with Gasteiger partial charge in [-0.05, 0) is 12.1 Å². The third-order valence-electron chi connectivity index (χ3n) is 5.84. The van der Waals surface area contributed by atoms with Crippen molar-refractivity contribution in [3.63, 3.8) is 0 Å². The quantitative estimate of drug-likeness (QED) is 0.406. The van der Waals surface area contributed by atoms with Gasteiger partial charge in [-0.15, -0.1) is 0 Å². The first-order valence-electron chi connectivity index (χ1n) is 11.0. The van der Waals surface area contributed by atoms with Crippen LogP contribution in [0.2, 0.25) is 0 Å². The van der Waals surface area contributed by atoms with E-state index < -0.39 is 23.7 Å². The molecule has 0 saturated heterocycles. The number of para-hydroxylation sites is 1. The Morgan fingerprint density at radius 3 is 2.37 bits per heavy atom. The van der Waals surface area contributed by atoms with Crippen molar-refractivity contribution in [2.45, 2.75) is 13.1 Å². The van der Waals surface area contributed by atoms with E-state index in [0.717, 1.165) is 27.1 Å². The molecular formula is C25H23N7O3. The predicted octanol–water partition coefficient (Wildman–Crippen LogP) is 1.60. The van der Waals surface area contributed by atoms with E-state index >= 15 is 0 Å². The summed E-state index contributed by atoms with van der Waals surface area (Å²) in [5.74, 6) is -0.461. The molecule has 3 aromatic heterocycles. The van der Waals surface area contributed by atoms with Gasteiger partial charge in [-0.2, -0.15) is 5.10 Å². The minimum Gasteiger partial charge on any atom is -0.350 e. The van der Waals surface area contributed by atoms with Crippen LogP contribution in [0.3, 0.4) is 0 Å². The molecule has 10 heteroatoms. The number of nitrogens with zero attached hydrogens (tertiary/aromatic N) is 6. The number of carbonyl (C=O) groups is 1. The molecule has 35 heavy (non-hydrogen) atoms. The fourth-order valence-electron chi connectivity index (χ4n) is 4.02. The molecule has 0 fully saturated rings. The molecule has 0 spiro atoms. The Morgan fingerprint density at radius 1 is 0.971 bits per heavy atom. The van der Waals surface area contributed by atoms with Crippen molar-refractivity contribution in [2.75, 3.05) is 0 Å². The van der Waals surface area contributed by atoms with Crippen molar-refractivity contribution in [1.82, 2.24) is 33.8 Å². The summed E-state index contributed by atoms with van der Waals surface area (Å²) in [6.45, 7) is -0.223. The van der Waals surface area contributed by atoms with Crippen LogP contribution in [0.5, 0.6) is 0 Å². The van der Waals surface area contributed by atoms with Crippen LogP contribution in [-0.2, 0) is 32.0 Å². The number of imidazole rings is 1. The van der Waals surface area contributed by atoms with Crippen LogP contribution < -0.4 is 16.6 Å². The number of benzene rings is 2. The van der Waals surface area contributed by atoms with Crippen LogP contribution in [0.25, 0.3) is 28.1 Å². The fourth-order valence-corrected chi connectivity index (χ4v) is 4.02. The highest BCUT2D eigenvalue weighted by Gasteiger charge is 2.18. The maximum absolute atomic E-state index is 12.9. The van der Waals surface area contributed by atoms with Crippen LogP contribution >= 0.6 is 0 Å². The first kappa shape index (κ1) is 22.1. The molecule has 0 unspecified atom stereocenters. The molecule has 0 radical (unpaired) electrons. The van der Waals surface area contributed by atoms with Gasteiger partial charge in [0.25, 0.3) is 5.56 Å². The highest BCUT2D eigenvalue weighted by Crippen LogP contribution is 2.23. The highest BCUT2D eigenvalue weighted by atomic mass is 16.2. The molecule has 2 aromatic carbocycles. The molecule has 1 N–H and O–H groups in total. The molecule has 5 rings (SSSR count).